The highest BCUT2D eigenvalue weighted by molar-refractivity contribution is 8.01. The van der Waals surface area contributed by atoms with Gasteiger partial charge in [0.2, 0.25) is 5.91 Å². The highest BCUT2D eigenvalue weighted by Crippen LogP contribution is 2.41. The van der Waals surface area contributed by atoms with Crippen LogP contribution >= 0.6 is 23.5 Å². The maximum absolute atomic E-state index is 12.8. The van der Waals surface area contributed by atoms with Crippen LogP contribution in [-0.2, 0) is 21.4 Å². The number of fused-ring (bicyclic) bond motifs is 1. The third-order valence-corrected chi connectivity index (χ3v) is 7.82. The molecule has 2 unspecified atom stereocenters. The van der Waals surface area contributed by atoms with Crippen molar-refractivity contribution < 1.29 is 24.6 Å². The van der Waals surface area contributed by atoms with Crippen molar-refractivity contribution in [2.75, 3.05) is 11.5 Å². The number of nitrogens with one attached hydrogen (secondary N) is 1. The van der Waals surface area contributed by atoms with Gasteiger partial charge < -0.3 is 21.3 Å². The largest absolute Gasteiger partial charge is 0.488 e. The molecule has 34 heavy (non-hydrogen) atoms. The summed E-state index contributed by atoms with van der Waals surface area (Å²) < 4.78 is 1.10. The van der Waals surface area contributed by atoms with Crippen LogP contribution in [0.4, 0.5) is 0 Å². The summed E-state index contributed by atoms with van der Waals surface area (Å²) in [7, 11) is 1.41. The van der Waals surface area contributed by atoms with E-state index in [4.69, 9.17) is 5.73 Å². The van der Waals surface area contributed by atoms with Crippen molar-refractivity contribution in [1.29, 1.82) is 0 Å². The van der Waals surface area contributed by atoms with Gasteiger partial charge in [-0.15, -0.1) is 22.0 Å². The van der Waals surface area contributed by atoms with Gasteiger partial charge in [0.1, 0.15) is 23.2 Å². The van der Waals surface area contributed by atoms with Crippen molar-refractivity contribution in [3.05, 3.63) is 57.5 Å². The molecule has 1 aromatic carbocycles. The maximum atomic E-state index is 12.8. The number of hydrogen-bond acceptors (Lipinski definition) is 10. The lowest BCUT2D eigenvalue weighted by Crippen LogP contribution is -2.71. The lowest BCUT2D eigenvalue weighted by molar-refractivity contribution is -0.150. The predicted octanol–water partition coefficient (Wildman–Crippen LogP) is -0.588. The molecule has 1 aromatic heterocycles. The smallest absolute Gasteiger partial charge is 0.352 e. The van der Waals surface area contributed by atoms with Crippen LogP contribution in [0, 0.1) is 0 Å². The molecule has 2 amide bonds. The fourth-order valence-corrected chi connectivity index (χ4v) is 5.96. The summed E-state index contributed by atoms with van der Waals surface area (Å²) in [6.07, 6.45) is 0. The monoisotopic (exact) mass is 504 g/mol. The van der Waals surface area contributed by atoms with Gasteiger partial charge >= 0.3 is 11.5 Å². The summed E-state index contributed by atoms with van der Waals surface area (Å²) in [5.41, 5.74) is 6.17. The molecule has 3 heterocycles. The number of thioether (sulfide) groups is 2. The number of nitrogens with two attached hydrogens (primary N) is 1. The molecule has 0 bridgehead atoms. The Kier molecular flexibility index (Phi) is 6.63. The highest BCUT2D eigenvalue weighted by Gasteiger charge is 2.54. The third kappa shape index (κ3) is 4.26. The van der Waals surface area contributed by atoms with Crippen LogP contribution in [0.3, 0.4) is 0 Å². The van der Waals surface area contributed by atoms with Gasteiger partial charge in [0.25, 0.3) is 11.8 Å². The van der Waals surface area contributed by atoms with E-state index >= 15 is 0 Å². The SMILES string of the molecule is Cn1c(SCC2=C(C(=O)O)N3C(=O)C(NC(=O)C(N)c4ccccc4)[C@@H]3SC2)nnc(O)c1=O. The van der Waals surface area contributed by atoms with E-state index in [-0.39, 0.29) is 16.6 Å². The Bertz CT molecular complexity index is 1250. The first kappa shape index (κ1) is 23.8. The number of hydrogen-bond donors (Lipinski definition) is 4. The minimum absolute atomic E-state index is 0.133. The molecule has 0 aliphatic carbocycles. The van der Waals surface area contributed by atoms with Crippen molar-refractivity contribution in [1.82, 2.24) is 25.0 Å². The Morgan fingerprint density at radius 2 is 2.00 bits per heavy atom. The van der Waals surface area contributed by atoms with E-state index in [2.05, 4.69) is 15.5 Å². The maximum Gasteiger partial charge on any atom is 0.352 e. The number of aromatic nitrogens is 3. The van der Waals surface area contributed by atoms with Gasteiger partial charge in [-0.05, 0) is 11.1 Å². The first-order valence-corrected chi connectivity index (χ1v) is 12.0. The van der Waals surface area contributed by atoms with Gasteiger partial charge in [-0.2, -0.15) is 0 Å². The summed E-state index contributed by atoms with van der Waals surface area (Å²) >= 11 is 2.38. The van der Waals surface area contributed by atoms with Crippen LogP contribution in [0.25, 0.3) is 0 Å². The summed E-state index contributed by atoms with van der Waals surface area (Å²) in [4.78, 5) is 50.4. The number of carboxylic acid groups (broad SMARTS) is 1. The molecule has 0 radical (unpaired) electrons. The summed E-state index contributed by atoms with van der Waals surface area (Å²) in [6, 6.07) is 6.86. The summed E-state index contributed by atoms with van der Waals surface area (Å²) in [6.45, 7) is 0. The number of benzene rings is 1. The van der Waals surface area contributed by atoms with E-state index in [9.17, 15) is 29.4 Å². The second-order valence-electron chi connectivity index (χ2n) is 7.50. The molecule has 1 fully saturated rings. The molecular formula is C20H20N6O6S2. The number of rotatable bonds is 7. The standard InChI is InChI=1S/C20H20N6O6S2/c1-25-17(30)15(28)23-24-20(25)34-8-10-7-33-18-12(16(29)26(18)13(10)19(31)32)22-14(27)11(21)9-5-3-2-4-6-9/h2-6,11-12,18H,7-8,21H2,1H3,(H,22,27)(H,23,28)(H,31,32)/t11?,12?,18-/m0/s1. The van der Waals surface area contributed by atoms with Crippen LogP contribution in [0.5, 0.6) is 5.88 Å². The van der Waals surface area contributed by atoms with Crippen LogP contribution in [0.2, 0.25) is 0 Å². The molecule has 4 rings (SSSR count). The van der Waals surface area contributed by atoms with Gasteiger partial charge in [-0.1, -0.05) is 42.1 Å². The molecule has 178 valence electrons. The Hall–Kier alpha value is -3.36. The first-order chi connectivity index (χ1) is 16.2. The average molecular weight is 505 g/mol. The van der Waals surface area contributed by atoms with Crippen molar-refractivity contribution in [3.63, 3.8) is 0 Å². The minimum atomic E-state index is -1.27. The van der Waals surface area contributed by atoms with Gasteiger partial charge in [0, 0.05) is 18.6 Å². The average Bonchev–Trinajstić information content (AvgIpc) is 2.84. The molecule has 3 atom stereocenters. The minimum Gasteiger partial charge on any atom is -0.488 e. The van der Waals surface area contributed by atoms with Crippen LogP contribution in [-0.4, -0.2) is 70.6 Å². The summed E-state index contributed by atoms with van der Waals surface area (Å²) in [5.74, 6) is -2.65. The van der Waals surface area contributed by atoms with Crippen LogP contribution in [0.15, 0.2) is 51.6 Å². The third-order valence-electron chi connectivity index (χ3n) is 5.38. The van der Waals surface area contributed by atoms with Crippen molar-refractivity contribution in [2.45, 2.75) is 22.6 Å². The number of aliphatic carboxylic acids is 1. The fraction of sp³-hybridized carbons (Fsp3) is 0.300. The first-order valence-electron chi connectivity index (χ1n) is 9.97. The molecule has 1 saturated heterocycles. The lowest BCUT2D eigenvalue weighted by Gasteiger charge is -2.49. The molecule has 2 aromatic rings. The molecule has 14 heteroatoms. The number of carbonyl (C=O) groups excluding carboxylic acids is 2. The molecule has 0 saturated carbocycles. The Morgan fingerprint density at radius 1 is 1.29 bits per heavy atom. The van der Waals surface area contributed by atoms with E-state index in [1.165, 1.54) is 18.8 Å². The molecule has 5 N–H and O–H groups in total. The Labute approximate surface area is 201 Å². The summed E-state index contributed by atoms with van der Waals surface area (Å²) in [5, 5.41) is 28.5. The van der Waals surface area contributed by atoms with E-state index in [1.807, 2.05) is 0 Å². The van der Waals surface area contributed by atoms with Crippen molar-refractivity contribution in [2.24, 2.45) is 12.8 Å². The normalized spacial score (nSPS) is 20.4. The highest BCUT2D eigenvalue weighted by atomic mass is 32.2. The lowest BCUT2D eigenvalue weighted by atomic mass is 10.0. The zero-order valence-electron chi connectivity index (χ0n) is 17.7. The number of amides is 2. The van der Waals surface area contributed by atoms with Crippen molar-refractivity contribution >= 4 is 41.3 Å². The van der Waals surface area contributed by atoms with Crippen LogP contribution in [0.1, 0.15) is 11.6 Å². The Morgan fingerprint density at radius 3 is 2.68 bits per heavy atom. The number of β-lactam (4-membered cyclic amide) rings is 1. The zero-order chi connectivity index (χ0) is 24.6. The quantitative estimate of drug-likeness (QED) is 0.279. The van der Waals surface area contributed by atoms with E-state index < -0.39 is 46.7 Å². The topological polar surface area (TPSA) is 181 Å². The van der Waals surface area contributed by atoms with Crippen molar-refractivity contribution in [3.8, 4) is 5.88 Å². The molecular weight excluding hydrogens is 484 g/mol. The number of nitrogens with zero attached hydrogens (tertiary/aromatic N) is 4. The molecule has 0 spiro atoms. The van der Waals surface area contributed by atoms with Gasteiger partial charge in [0.05, 0.1) is 0 Å². The number of aromatic hydroxyl groups is 1. The molecule has 12 nitrogen and oxygen atoms in total. The molecule has 2 aliphatic rings. The van der Waals surface area contributed by atoms with Gasteiger partial charge in [0.15, 0.2) is 5.16 Å². The molecule has 2 aliphatic heterocycles. The van der Waals surface area contributed by atoms with E-state index in [0.29, 0.717) is 16.9 Å². The second-order valence-corrected chi connectivity index (χ2v) is 9.55. The number of carbonyl (C=O) groups is 3. The fourth-order valence-electron chi connectivity index (χ4n) is 3.56. The zero-order valence-corrected chi connectivity index (χ0v) is 19.4. The number of carboxylic acids is 1. The van der Waals surface area contributed by atoms with Crippen LogP contribution < -0.4 is 16.6 Å². The van der Waals surface area contributed by atoms with E-state index in [1.54, 1.807) is 30.3 Å². The van der Waals surface area contributed by atoms with Gasteiger partial charge in [-0.3, -0.25) is 23.9 Å². The Balaban J connectivity index is 1.48. The predicted molar refractivity (Wildman–Crippen MR) is 123 cm³/mol. The van der Waals surface area contributed by atoms with Gasteiger partial charge in [-0.25, -0.2) is 4.79 Å². The van der Waals surface area contributed by atoms with E-state index in [0.717, 1.165) is 21.2 Å². The second kappa shape index (κ2) is 9.48.